The molecule has 0 atom stereocenters. The highest BCUT2D eigenvalue weighted by atomic mass is 35.5. The van der Waals surface area contributed by atoms with Crippen molar-refractivity contribution in [3.63, 3.8) is 0 Å². The van der Waals surface area contributed by atoms with Crippen molar-refractivity contribution in [1.29, 1.82) is 0 Å². The maximum atomic E-state index is 12.2. The van der Waals surface area contributed by atoms with Gasteiger partial charge in [-0.1, -0.05) is 23.7 Å². The third kappa shape index (κ3) is 2.17. The topological polar surface area (TPSA) is 85.3 Å². The van der Waals surface area contributed by atoms with Gasteiger partial charge in [-0.25, -0.2) is 9.50 Å². The number of anilines is 2. The largest absolute Gasteiger partial charge is 0.384 e. The van der Waals surface area contributed by atoms with Crippen molar-refractivity contribution >= 4 is 34.7 Å². The van der Waals surface area contributed by atoms with Crippen molar-refractivity contribution in [2.45, 2.75) is 0 Å². The minimum Gasteiger partial charge on any atom is -0.384 e. The average Bonchev–Trinajstić information content (AvgIpc) is 2.84. The Morgan fingerprint density at radius 2 is 2.10 bits per heavy atom. The normalized spacial score (nSPS) is 10.7. The quantitative estimate of drug-likeness (QED) is 0.757. The first-order valence-corrected chi connectivity index (χ1v) is 6.18. The number of nitrogens with one attached hydrogen (secondary N) is 1. The monoisotopic (exact) mass is 287 g/mol. The van der Waals surface area contributed by atoms with E-state index in [0.29, 0.717) is 27.7 Å². The van der Waals surface area contributed by atoms with Gasteiger partial charge in [0.05, 0.1) is 16.9 Å². The summed E-state index contributed by atoms with van der Waals surface area (Å²) in [5, 5.41) is 7.23. The molecular weight excluding hydrogens is 278 g/mol. The molecule has 1 aromatic carbocycles. The van der Waals surface area contributed by atoms with Gasteiger partial charge in [0.1, 0.15) is 11.4 Å². The molecule has 0 radical (unpaired) electrons. The van der Waals surface area contributed by atoms with Crippen LogP contribution in [0, 0.1) is 0 Å². The molecule has 0 aliphatic carbocycles. The predicted molar refractivity (Wildman–Crippen MR) is 76.8 cm³/mol. The van der Waals surface area contributed by atoms with Crippen LogP contribution in [0.5, 0.6) is 0 Å². The van der Waals surface area contributed by atoms with E-state index in [0.717, 1.165) is 0 Å². The van der Waals surface area contributed by atoms with E-state index in [1.165, 1.54) is 10.7 Å². The van der Waals surface area contributed by atoms with Crippen molar-refractivity contribution in [1.82, 2.24) is 14.6 Å². The summed E-state index contributed by atoms with van der Waals surface area (Å²) in [5.74, 6) is -0.0176. The number of aromatic nitrogens is 3. The van der Waals surface area contributed by atoms with Crippen LogP contribution < -0.4 is 11.1 Å². The summed E-state index contributed by atoms with van der Waals surface area (Å²) >= 11 is 6.00. The number of halogens is 1. The Balaban J connectivity index is 1.97. The van der Waals surface area contributed by atoms with E-state index >= 15 is 0 Å². The minimum atomic E-state index is -0.341. The molecule has 2 heterocycles. The van der Waals surface area contributed by atoms with Crippen LogP contribution in [-0.4, -0.2) is 20.5 Å². The number of carbonyl (C=O) groups is 1. The van der Waals surface area contributed by atoms with Gasteiger partial charge in [0, 0.05) is 6.20 Å². The highest BCUT2D eigenvalue weighted by Gasteiger charge is 2.15. The van der Waals surface area contributed by atoms with E-state index in [1.54, 1.807) is 36.5 Å². The molecular formula is C13H10ClN5O. The summed E-state index contributed by atoms with van der Waals surface area (Å²) in [6, 6.07) is 8.59. The summed E-state index contributed by atoms with van der Waals surface area (Å²) in [5.41, 5.74) is 6.88. The molecule has 0 spiro atoms. The minimum absolute atomic E-state index is 0.324. The Bertz CT molecular complexity index is 798. The lowest BCUT2D eigenvalue weighted by Crippen LogP contribution is -2.12. The van der Waals surface area contributed by atoms with Crippen molar-refractivity contribution in [3.05, 3.63) is 53.3 Å². The number of nitrogens with two attached hydrogens (primary N) is 1. The average molecular weight is 288 g/mol. The van der Waals surface area contributed by atoms with Crippen LogP contribution in [0.25, 0.3) is 5.65 Å². The van der Waals surface area contributed by atoms with Gasteiger partial charge in [-0.3, -0.25) is 4.79 Å². The number of nitrogen functional groups attached to an aromatic ring is 1. The Hall–Kier alpha value is -2.60. The van der Waals surface area contributed by atoms with Crippen molar-refractivity contribution < 1.29 is 4.79 Å². The molecule has 7 heteroatoms. The summed E-state index contributed by atoms with van der Waals surface area (Å²) < 4.78 is 1.48. The van der Waals surface area contributed by atoms with Gasteiger partial charge in [-0.15, -0.1) is 0 Å². The third-order valence-electron chi connectivity index (χ3n) is 2.76. The molecule has 0 saturated heterocycles. The van der Waals surface area contributed by atoms with E-state index in [1.807, 2.05) is 0 Å². The SMILES string of the molecule is Nc1ccn2ncc(C(=O)Nc3ccccc3Cl)c2n1. The van der Waals surface area contributed by atoms with E-state index in [9.17, 15) is 4.79 Å². The first-order valence-electron chi connectivity index (χ1n) is 5.81. The summed E-state index contributed by atoms with van der Waals surface area (Å²) in [6.45, 7) is 0. The number of fused-ring (bicyclic) bond motifs is 1. The Morgan fingerprint density at radius 3 is 2.90 bits per heavy atom. The molecule has 0 saturated carbocycles. The fraction of sp³-hybridized carbons (Fsp3) is 0. The van der Waals surface area contributed by atoms with Gasteiger partial charge in [0.25, 0.3) is 5.91 Å². The number of para-hydroxylation sites is 1. The number of hydrogen-bond acceptors (Lipinski definition) is 4. The number of nitrogens with zero attached hydrogens (tertiary/aromatic N) is 3. The second-order valence-electron chi connectivity index (χ2n) is 4.11. The molecule has 0 fully saturated rings. The maximum absolute atomic E-state index is 12.2. The number of carbonyl (C=O) groups excluding carboxylic acids is 1. The molecule has 1 amide bonds. The van der Waals surface area contributed by atoms with Crippen molar-refractivity contribution in [2.24, 2.45) is 0 Å². The van der Waals surface area contributed by atoms with Crippen molar-refractivity contribution in [3.8, 4) is 0 Å². The molecule has 3 N–H and O–H groups in total. The maximum Gasteiger partial charge on any atom is 0.261 e. The van der Waals surface area contributed by atoms with Gasteiger partial charge in [-0.2, -0.15) is 5.10 Å². The van der Waals surface area contributed by atoms with E-state index in [4.69, 9.17) is 17.3 Å². The molecule has 3 aromatic rings. The lowest BCUT2D eigenvalue weighted by molar-refractivity contribution is 0.102. The van der Waals surface area contributed by atoms with Crippen LogP contribution in [-0.2, 0) is 0 Å². The van der Waals surface area contributed by atoms with Gasteiger partial charge in [0.15, 0.2) is 5.65 Å². The highest BCUT2D eigenvalue weighted by molar-refractivity contribution is 6.34. The summed E-state index contributed by atoms with van der Waals surface area (Å²) in [6.07, 6.45) is 3.08. The Kier molecular flexibility index (Phi) is 3.00. The molecule has 3 rings (SSSR count). The fourth-order valence-electron chi connectivity index (χ4n) is 1.80. The molecule has 0 bridgehead atoms. The van der Waals surface area contributed by atoms with Gasteiger partial charge >= 0.3 is 0 Å². The highest BCUT2D eigenvalue weighted by Crippen LogP contribution is 2.21. The molecule has 6 nitrogen and oxygen atoms in total. The number of benzene rings is 1. The molecule has 0 aliphatic rings. The summed E-state index contributed by atoms with van der Waals surface area (Å²) in [4.78, 5) is 16.4. The fourth-order valence-corrected chi connectivity index (χ4v) is 1.98. The summed E-state index contributed by atoms with van der Waals surface area (Å²) in [7, 11) is 0. The van der Waals surface area contributed by atoms with Crippen LogP contribution in [0.2, 0.25) is 5.02 Å². The predicted octanol–water partition coefficient (Wildman–Crippen LogP) is 2.22. The Morgan fingerprint density at radius 1 is 1.30 bits per heavy atom. The lowest BCUT2D eigenvalue weighted by atomic mass is 10.2. The van der Waals surface area contributed by atoms with Crippen LogP contribution in [0.3, 0.4) is 0 Å². The van der Waals surface area contributed by atoms with Crippen LogP contribution in [0.1, 0.15) is 10.4 Å². The van der Waals surface area contributed by atoms with Crippen LogP contribution >= 0.6 is 11.6 Å². The van der Waals surface area contributed by atoms with Crippen molar-refractivity contribution in [2.75, 3.05) is 11.1 Å². The van der Waals surface area contributed by atoms with Gasteiger partial charge in [-0.05, 0) is 18.2 Å². The second kappa shape index (κ2) is 4.82. The van der Waals surface area contributed by atoms with E-state index < -0.39 is 0 Å². The zero-order valence-corrected chi connectivity index (χ0v) is 11.0. The smallest absolute Gasteiger partial charge is 0.261 e. The molecule has 100 valence electrons. The van der Waals surface area contributed by atoms with Crippen LogP contribution in [0.15, 0.2) is 42.7 Å². The molecule has 20 heavy (non-hydrogen) atoms. The van der Waals surface area contributed by atoms with Crippen LogP contribution in [0.4, 0.5) is 11.5 Å². The number of hydrogen-bond donors (Lipinski definition) is 2. The molecule has 0 aliphatic heterocycles. The Labute approximate surface area is 119 Å². The second-order valence-corrected chi connectivity index (χ2v) is 4.52. The standard InChI is InChI=1S/C13H10ClN5O/c14-9-3-1-2-4-10(9)17-13(20)8-7-16-19-6-5-11(15)18-12(8)19/h1-7H,(H2,15,18)(H,17,20). The van der Waals surface area contributed by atoms with Gasteiger partial charge in [0.2, 0.25) is 0 Å². The third-order valence-corrected chi connectivity index (χ3v) is 3.09. The molecule has 2 aromatic heterocycles. The first kappa shape index (κ1) is 12.4. The zero-order chi connectivity index (χ0) is 14.1. The van der Waals surface area contributed by atoms with Gasteiger partial charge < -0.3 is 11.1 Å². The molecule has 0 unspecified atom stereocenters. The lowest BCUT2D eigenvalue weighted by Gasteiger charge is -2.05. The van der Waals surface area contributed by atoms with E-state index in [-0.39, 0.29) is 5.91 Å². The van der Waals surface area contributed by atoms with E-state index in [2.05, 4.69) is 15.4 Å². The first-order chi connectivity index (χ1) is 9.65. The zero-order valence-electron chi connectivity index (χ0n) is 10.2. The number of amides is 1. The number of rotatable bonds is 2.